The summed E-state index contributed by atoms with van der Waals surface area (Å²) in [6.45, 7) is 17.1. The van der Waals surface area contributed by atoms with Crippen LogP contribution in [0.1, 0.15) is 0 Å². The van der Waals surface area contributed by atoms with Gasteiger partial charge in [-0.15, -0.1) is 0 Å². The van der Waals surface area contributed by atoms with E-state index in [4.69, 9.17) is 13.1 Å². The van der Waals surface area contributed by atoms with Gasteiger partial charge in [-0.25, -0.2) is 13.9 Å². The molecule has 72 heavy (non-hydrogen) atoms. The summed E-state index contributed by atoms with van der Waals surface area (Å²) in [5.41, 5.74) is 0.266. The number of para-hydroxylation sites is 6. The van der Waals surface area contributed by atoms with E-state index in [1.807, 2.05) is 0 Å². The Morgan fingerprint density at radius 2 is 0.500 bits per heavy atom. The summed E-state index contributed by atoms with van der Waals surface area (Å²) >= 11 is 0. The number of rotatable bonds is 9. The minimum absolute atomic E-state index is 0.192. The highest BCUT2D eigenvalue weighted by Crippen LogP contribution is 2.69. The summed E-state index contributed by atoms with van der Waals surface area (Å²) < 4.78 is 60.1. The molecule has 0 amide bonds. The molecule has 0 aliphatic carbocycles. The second-order valence-electron chi connectivity index (χ2n) is 15.9. The molecule has 0 fully saturated rings. The fourth-order valence-corrected chi connectivity index (χ4v) is 18.3. The van der Waals surface area contributed by atoms with Crippen molar-refractivity contribution in [2.45, 2.75) is 0 Å². The maximum atomic E-state index is 17.5. The van der Waals surface area contributed by atoms with E-state index in [9.17, 15) is 21.0 Å². The lowest BCUT2D eigenvalue weighted by Gasteiger charge is -2.37. The molecule has 0 spiro atoms. The first-order valence-corrected chi connectivity index (χ1v) is 26.7. The maximum Gasteiger partial charge on any atom is 0.429 e. The van der Waals surface area contributed by atoms with Gasteiger partial charge < -0.3 is 9.69 Å². The number of benzene rings is 7. The minimum Gasteiger partial charge on any atom is -0.373 e. The smallest absolute Gasteiger partial charge is 0.373 e. The van der Waals surface area contributed by atoms with Crippen LogP contribution >= 0.6 is 22.3 Å². The number of hydrogen-bond donors (Lipinski definition) is 0. The van der Waals surface area contributed by atoms with Crippen LogP contribution in [0.3, 0.4) is 0 Å². The van der Waals surface area contributed by atoms with E-state index in [0.717, 1.165) is 0 Å². The van der Waals surface area contributed by atoms with Gasteiger partial charge in [0.2, 0.25) is 0 Å². The van der Waals surface area contributed by atoms with E-state index in [2.05, 4.69) is 34.0 Å². The average molecular weight is 991 g/mol. The molecule has 3 aliphatic rings. The van der Waals surface area contributed by atoms with E-state index >= 15 is 13.7 Å². The van der Waals surface area contributed by atoms with E-state index < -0.39 is 22.3 Å². The Kier molecular flexibility index (Phi) is 11.7. The number of nitriles is 4. The normalized spacial score (nSPS) is 16.4. The van der Waals surface area contributed by atoms with Gasteiger partial charge in [0.1, 0.15) is 35.7 Å². The van der Waals surface area contributed by atoms with Crippen LogP contribution in [0.25, 0.3) is 9.69 Å². The summed E-state index contributed by atoms with van der Waals surface area (Å²) in [5, 5.41) is 43.6. The van der Waals surface area contributed by atoms with Crippen LogP contribution in [0.2, 0.25) is 0 Å². The molecule has 15 nitrogen and oxygen atoms in total. The lowest BCUT2D eigenvalue weighted by Crippen LogP contribution is -2.38. The van der Waals surface area contributed by atoms with Crippen LogP contribution in [-0.2, 0) is 13.7 Å². The molecule has 0 N–H and O–H groups in total. The Morgan fingerprint density at radius 3 is 0.681 bits per heavy atom. The Bertz CT molecular complexity index is 3230. The van der Waals surface area contributed by atoms with Gasteiger partial charge >= 0.3 is 22.3 Å². The highest BCUT2D eigenvalue weighted by Gasteiger charge is 2.60. The fraction of sp³-hybridized carbons (Fsp3) is 0. The zero-order valence-corrected chi connectivity index (χ0v) is 40.2. The van der Waals surface area contributed by atoms with Crippen molar-refractivity contribution in [2.75, 3.05) is 28.0 Å². The first kappa shape index (κ1) is 45.9. The molecular weight excluding hydrogens is 958 g/mol. The second-order valence-corrected chi connectivity index (χ2v) is 23.1. The maximum absolute atomic E-state index is 17.5. The van der Waals surface area contributed by atoms with E-state index in [-0.39, 0.29) is 84.5 Å². The van der Waals surface area contributed by atoms with Crippen molar-refractivity contribution >= 4 is 72.4 Å². The Morgan fingerprint density at radius 1 is 0.319 bits per heavy atom. The predicted octanol–water partition coefficient (Wildman–Crippen LogP) is 11.7. The molecule has 0 aromatic heterocycles. The SMILES string of the molecule is [C-]#[N+]C1=C([N+]#[C-])N(c2ccccc2)P(=O)(c2cc(P3(=O)N(c4ccccc4)C(C#N)=C(C#N)N3c3ccccc3)cc(P3(=O)N(c4ccccc4)C(C#N)=C(C#N)N3c3ccccc3)c2)N1c1ccccc1. The van der Waals surface area contributed by atoms with E-state index in [1.54, 1.807) is 182 Å². The van der Waals surface area contributed by atoms with Crippen molar-refractivity contribution in [3.05, 3.63) is 257 Å². The standard InChI is InChI=1S/C54H33N12O3P3/c1-59-53-54(60-2)66(45-31-19-8-20-32-45)72(69,65(53)44-29-17-7-18-30-44)48-34-46(70(67)61(40-21-9-3-10-22-40)49(36-55)50(37-56)62(70)41-23-11-4-12-24-41)33-47(35-48)71(68)63(42-25-13-5-14-26-42)51(38-57)52(39-58)64(71)43-27-15-6-16-28-43/h3-35H. The van der Waals surface area contributed by atoms with Crippen molar-refractivity contribution in [2.24, 2.45) is 0 Å². The summed E-state index contributed by atoms with van der Waals surface area (Å²) in [6, 6.07) is 62.7. The average Bonchev–Trinajstić information content (AvgIpc) is 3.99. The molecule has 0 atom stereocenters. The van der Waals surface area contributed by atoms with Crippen LogP contribution in [0.5, 0.6) is 0 Å². The van der Waals surface area contributed by atoms with Crippen LogP contribution in [-0.4, -0.2) is 0 Å². The van der Waals surface area contributed by atoms with Crippen LogP contribution in [0.4, 0.5) is 34.1 Å². The number of anilines is 6. The van der Waals surface area contributed by atoms with E-state index in [1.165, 1.54) is 46.2 Å². The largest absolute Gasteiger partial charge is 0.429 e. The second kappa shape index (κ2) is 18.3. The third-order valence-corrected chi connectivity index (χ3v) is 20.7. The zero-order chi connectivity index (χ0) is 50.2. The van der Waals surface area contributed by atoms with Crippen molar-refractivity contribution in [3.63, 3.8) is 0 Å². The Balaban J connectivity index is 1.40. The molecule has 0 radical (unpaired) electrons. The minimum atomic E-state index is -4.83. The van der Waals surface area contributed by atoms with Crippen LogP contribution in [0, 0.1) is 58.5 Å². The van der Waals surface area contributed by atoms with Gasteiger partial charge in [-0.3, -0.25) is 27.8 Å². The van der Waals surface area contributed by atoms with Gasteiger partial charge in [0.15, 0.2) is 22.8 Å². The molecule has 18 heteroatoms. The number of nitrogens with zero attached hydrogens (tertiary/aromatic N) is 12. The highest BCUT2D eigenvalue weighted by molar-refractivity contribution is 7.78. The van der Waals surface area contributed by atoms with E-state index in [0.29, 0.717) is 0 Å². The first-order valence-electron chi connectivity index (χ1n) is 21.8. The van der Waals surface area contributed by atoms with Gasteiger partial charge in [0.05, 0.1) is 38.7 Å². The molecule has 7 aromatic rings. The Labute approximate surface area is 415 Å². The summed E-state index contributed by atoms with van der Waals surface area (Å²) in [4.78, 5) is 7.68. The van der Waals surface area contributed by atoms with Crippen molar-refractivity contribution < 1.29 is 13.7 Å². The zero-order valence-electron chi connectivity index (χ0n) is 37.5. The van der Waals surface area contributed by atoms with Crippen LogP contribution in [0.15, 0.2) is 235 Å². The first-order chi connectivity index (χ1) is 35.1. The fourth-order valence-electron chi connectivity index (χ4n) is 9.15. The number of hydrogen-bond acceptors (Lipinski definition) is 7. The monoisotopic (exact) mass is 990 g/mol. The third kappa shape index (κ3) is 6.79. The van der Waals surface area contributed by atoms with Gasteiger partial charge in [0.25, 0.3) is 11.6 Å². The quantitative estimate of drug-likeness (QED) is 0.0988. The molecular formula is C54H33N12O3P3. The third-order valence-electron chi connectivity index (χ3n) is 12.1. The predicted molar refractivity (Wildman–Crippen MR) is 278 cm³/mol. The number of allylic oxidation sites excluding steroid dienone is 4. The van der Waals surface area contributed by atoms with Crippen molar-refractivity contribution in [1.29, 1.82) is 21.0 Å². The summed E-state index contributed by atoms with van der Waals surface area (Å²) in [5.74, 6) is -0.603. The summed E-state index contributed by atoms with van der Waals surface area (Å²) in [6.07, 6.45) is 0. The Hall–Kier alpha value is -9.81. The van der Waals surface area contributed by atoms with Crippen molar-refractivity contribution in [3.8, 4) is 24.3 Å². The van der Waals surface area contributed by atoms with Gasteiger partial charge in [-0.05, 0) is 91.0 Å². The van der Waals surface area contributed by atoms with Gasteiger partial charge in [-0.1, -0.05) is 122 Å². The molecule has 7 aromatic carbocycles. The van der Waals surface area contributed by atoms with Crippen LogP contribution < -0.4 is 43.9 Å². The topological polar surface area (TPSA) is 175 Å². The molecule has 3 aliphatic heterocycles. The van der Waals surface area contributed by atoms with Gasteiger partial charge in [-0.2, -0.15) is 21.0 Å². The molecule has 0 saturated heterocycles. The van der Waals surface area contributed by atoms with Crippen molar-refractivity contribution in [1.82, 2.24) is 0 Å². The molecule has 3 heterocycles. The highest BCUT2D eigenvalue weighted by atomic mass is 31.2. The lowest BCUT2D eigenvalue weighted by molar-refractivity contribution is 0.581. The molecule has 0 unspecified atom stereocenters. The molecule has 342 valence electrons. The molecule has 10 rings (SSSR count). The summed E-state index contributed by atoms with van der Waals surface area (Å²) in [7, 11) is -14.5. The lowest BCUT2D eigenvalue weighted by atomic mass is 10.2. The molecule has 0 saturated carbocycles. The molecule has 0 bridgehead atoms. The van der Waals surface area contributed by atoms with Gasteiger partial charge in [0, 0.05) is 0 Å².